The van der Waals surface area contributed by atoms with Gasteiger partial charge in [0.25, 0.3) is 0 Å². The molecule has 3 aromatic carbocycles. The number of carbonyl (C=O) groups is 2. The average Bonchev–Trinajstić information content (AvgIpc) is 3.37. The molecule has 1 aliphatic rings. The number of aliphatic hydroxyl groups is 1. The number of carbonyl (C=O) groups excluding carboxylic acids is 2. The van der Waals surface area contributed by atoms with Gasteiger partial charge in [-0.25, -0.2) is 0 Å². The molecule has 1 fully saturated rings. The molecule has 0 radical (unpaired) electrons. The molecule has 1 amide bonds. The van der Waals surface area contributed by atoms with Crippen LogP contribution >= 0.6 is 0 Å². The first kappa shape index (κ1) is 39.2. The summed E-state index contributed by atoms with van der Waals surface area (Å²) in [6.45, 7) is 5.29. The summed E-state index contributed by atoms with van der Waals surface area (Å²) in [5.74, 6) is 0.572. The van der Waals surface area contributed by atoms with Crippen molar-refractivity contribution in [3.63, 3.8) is 0 Å². The maximum absolute atomic E-state index is 13.4. The largest absolute Gasteiger partial charge is 1.00 e. The van der Waals surface area contributed by atoms with Crippen molar-refractivity contribution >= 4 is 11.9 Å². The number of ether oxygens (including phenoxy) is 3. The Morgan fingerprint density at radius 3 is 1.67 bits per heavy atom. The van der Waals surface area contributed by atoms with Crippen LogP contribution in [-0.4, -0.2) is 62.4 Å². The summed E-state index contributed by atoms with van der Waals surface area (Å²) in [7, 11) is 3.29. The van der Waals surface area contributed by atoms with Gasteiger partial charge in [-0.3, -0.25) is 4.79 Å². The van der Waals surface area contributed by atoms with Crippen LogP contribution in [0.25, 0.3) is 0 Å². The molecule has 2 unspecified atom stereocenters. The predicted octanol–water partition coefficient (Wildman–Crippen LogP) is 2.73. The van der Waals surface area contributed by atoms with E-state index in [4.69, 9.17) is 14.2 Å². The van der Waals surface area contributed by atoms with Crippen LogP contribution in [0.2, 0.25) is 0 Å². The molecule has 1 saturated heterocycles. The van der Waals surface area contributed by atoms with E-state index in [0.29, 0.717) is 25.9 Å². The van der Waals surface area contributed by atoms with Gasteiger partial charge in [-0.1, -0.05) is 94.1 Å². The molecule has 1 heterocycles. The number of unbranched alkanes of at least 4 members (excludes halogenated alkanes) is 5. The third-order valence-electron chi connectivity index (χ3n) is 10.0. The Hall–Kier alpha value is -3.28. The molecular weight excluding hydrogens is 601 g/mol. The van der Waals surface area contributed by atoms with E-state index in [-0.39, 0.29) is 44.4 Å². The SMILES string of the molecule is COc1ccc(C(OCC2(C)CN(C(=O)CCCCCCCCC(=O)[O-])CC2(C)CO)(c2ccccc2)c2ccc(OC)cc2)cc1.[Li+]. The summed E-state index contributed by atoms with van der Waals surface area (Å²) >= 11 is 0. The topological polar surface area (TPSA) is 108 Å². The van der Waals surface area contributed by atoms with E-state index in [2.05, 4.69) is 19.1 Å². The first-order valence-electron chi connectivity index (χ1n) is 16.7. The van der Waals surface area contributed by atoms with Gasteiger partial charge in [-0.2, -0.15) is 0 Å². The number of benzene rings is 3. The van der Waals surface area contributed by atoms with Crippen molar-refractivity contribution in [2.75, 3.05) is 40.5 Å². The molecular formula is C39H50LiNO7. The monoisotopic (exact) mass is 651 g/mol. The molecule has 0 aliphatic carbocycles. The normalized spacial score (nSPS) is 19.1. The summed E-state index contributed by atoms with van der Waals surface area (Å²) in [4.78, 5) is 25.9. The van der Waals surface area contributed by atoms with E-state index in [9.17, 15) is 19.8 Å². The number of aliphatic hydroxyl groups excluding tert-OH is 1. The van der Waals surface area contributed by atoms with E-state index in [1.54, 1.807) is 14.2 Å². The summed E-state index contributed by atoms with van der Waals surface area (Å²) in [6.07, 6.45) is 5.68. The van der Waals surface area contributed by atoms with Gasteiger partial charge in [0, 0.05) is 36.3 Å². The Kier molecular flexibility index (Phi) is 14.6. The Morgan fingerprint density at radius 1 is 0.729 bits per heavy atom. The standard InChI is InChI=1S/C39H51NO7.Li/c1-37(28-41)26-40(35(42)16-12-7-5-6-8-13-17-36(43)44)27-38(37,2)29-47-39(30-14-10-9-11-15-30,31-18-22-33(45-3)23-19-31)32-20-24-34(46-4)25-21-32;/h9-11,14-15,18-25,41H,5-8,12-13,16-17,26-29H2,1-4H3,(H,43,44);/q;+1/p-1. The van der Waals surface area contributed by atoms with Crippen molar-refractivity contribution in [3.05, 3.63) is 95.6 Å². The molecule has 0 bridgehead atoms. The fourth-order valence-electron chi connectivity index (χ4n) is 6.67. The van der Waals surface area contributed by atoms with Crippen LogP contribution in [0.5, 0.6) is 11.5 Å². The molecule has 9 heteroatoms. The van der Waals surface area contributed by atoms with Gasteiger partial charge < -0.3 is 34.1 Å². The van der Waals surface area contributed by atoms with Gasteiger partial charge in [0.2, 0.25) is 5.91 Å². The van der Waals surface area contributed by atoms with Crippen LogP contribution < -0.4 is 33.4 Å². The number of likely N-dealkylation sites (tertiary alicyclic amines) is 1. The smallest absolute Gasteiger partial charge is 0.550 e. The van der Waals surface area contributed by atoms with Crippen LogP contribution in [0.3, 0.4) is 0 Å². The number of rotatable bonds is 18. The van der Waals surface area contributed by atoms with E-state index >= 15 is 0 Å². The third-order valence-corrected chi connectivity index (χ3v) is 10.0. The fraction of sp³-hybridized carbons (Fsp3) is 0.487. The Morgan fingerprint density at radius 2 is 1.19 bits per heavy atom. The van der Waals surface area contributed by atoms with Crippen molar-refractivity contribution in [2.24, 2.45) is 10.8 Å². The maximum Gasteiger partial charge on any atom is 1.00 e. The minimum Gasteiger partial charge on any atom is -0.550 e. The van der Waals surface area contributed by atoms with Crippen molar-refractivity contribution in [2.45, 2.75) is 70.8 Å². The van der Waals surface area contributed by atoms with E-state index in [1.807, 2.05) is 78.6 Å². The number of aliphatic carboxylic acids is 1. The zero-order chi connectivity index (χ0) is 33.9. The van der Waals surface area contributed by atoms with Gasteiger partial charge in [-0.05, 0) is 60.2 Å². The molecule has 4 rings (SSSR count). The summed E-state index contributed by atoms with van der Waals surface area (Å²) in [5.41, 5.74) is 0.677. The maximum atomic E-state index is 13.4. The molecule has 0 spiro atoms. The van der Waals surface area contributed by atoms with Crippen molar-refractivity contribution < 1.29 is 52.9 Å². The van der Waals surface area contributed by atoms with Gasteiger partial charge >= 0.3 is 18.9 Å². The van der Waals surface area contributed by atoms with Gasteiger partial charge in [0.05, 0.1) is 27.4 Å². The molecule has 48 heavy (non-hydrogen) atoms. The number of amides is 1. The van der Waals surface area contributed by atoms with Crippen LogP contribution in [-0.2, 0) is 19.9 Å². The molecule has 1 aliphatic heterocycles. The molecule has 0 saturated carbocycles. The van der Waals surface area contributed by atoms with Crippen molar-refractivity contribution in [3.8, 4) is 11.5 Å². The molecule has 8 nitrogen and oxygen atoms in total. The van der Waals surface area contributed by atoms with Gasteiger partial charge in [0.15, 0.2) is 0 Å². The Balaban J connectivity index is 0.00000625. The van der Waals surface area contributed by atoms with Crippen LogP contribution in [0, 0.1) is 10.8 Å². The summed E-state index contributed by atoms with van der Waals surface area (Å²) in [5, 5.41) is 21.3. The fourth-order valence-corrected chi connectivity index (χ4v) is 6.67. The number of hydrogen-bond donors (Lipinski definition) is 1. The molecule has 254 valence electrons. The molecule has 1 N–H and O–H groups in total. The van der Waals surface area contributed by atoms with Crippen LogP contribution in [0.4, 0.5) is 0 Å². The minimum atomic E-state index is -1.00. The quantitative estimate of drug-likeness (QED) is 0.128. The number of nitrogens with zero attached hydrogens (tertiary/aromatic N) is 1. The second-order valence-electron chi connectivity index (χ2n) is 13.3. The predicted molar refractivity (Wildman–Crippen MR) is 180 cm³/mol. The van der Waals surface area contributed by atoms with E-state index < -0.39 is 22.4 Å². The van der Waals surface area contributed by atoms with Crippen LogP contribution in [0.15, 0.2) is 78.9 Å². The third kappa shape index (κ3) is 9.03. The van der Waals surface area contributed by atoms with Crippen LogP contribution in [0.1, 0.15) is 81.9 Å². The van der Waals surface area contributed by atoms with E-state index in [1.165, 1.54) is 0 Å². The number of carboxylic acids is 1. The Bertz CT molecular complexity index is 1390. The summed E-state index contributed by atoms with van der Waals surface area (Å²) < 4.78 is 18.2. The number of hydrogen-bond acceptors (Lipinski definition) is 7. The molecule has 2 atom stereocenters. The zero-order valence-corrected chi connectivity index (χ0v) is 29.3. The van der Waals surface area contributed by atoms with Crippen molar-refractivity contribution in [1.29, 1.82) is 0 Å². The van der Waals surface area contributed by atoms with E-state index in [0.717, 1.165) is 60.3 Å². The second-order valence-corrected chi connectivity index (χ2v) is 13.3. The number of carboxylic acid groups (broad SMARTS) is 1. The second kappa shape index (κ2) is 17.9. The minimum absolute atomic E-state index is 0. The average molecular weight is 652 g/mol. The summed E-state index contributed by atoms with van der Waals surface area (Å²) in [6, 6.07) is 26.0. The van der Waals surface area contributed by atoms with Gasteiger partial charge in [0.1, 0.15) is 17.1 Å². The number of methoxy groups -OCH3 is 2. The Labute approximate surface area is 298 Å². The molecule has 0 aromatic heterocycles. The molecule has 3 aromatic rings. The first-order chi connectivity index (χ1) is 22.6. The zero-order valence-electron chi connectivity index (χ0n) is 29.3. The first-order valence-corrected chi connectivity index (χ1v) is 16.7. The van der Waals surface area contributed by atoms with Crippen molar-refractivity contribution in [1.82, 2.24) is 4.90 Å². The van der Waals surface area contributed by atoms with Gasteiger partial charge in [-0.15, -0.1) is 0 Å².